The normalized spacial score (nSPS) is 14.3. The molecule has 0 spiro atoms. The zero-order chi connectivity index (χ0) is 15.9. The van der Waals surface area contributed by atoms with Crippen LogP contribution in [0.1, 0.15) is 5.56 Å². The van der Waals surface area contributed by atoms with Crippen molar-refractivity contribution >= 4 is 41.0 Å². The van der Waals surface area contributed by atoms with E-state index in [4.69, 9.17) is 17.0 Å². The minimum Gasteiger partial charge on any atom is -0.489 e. The molecule has 0 aliphatic carbocycles. The Kier molecular flexibility index (Phi) is 5.50. The number of nitrogens with one attached hydrogen (secondary N) is 2. The van der Waals surface area contributed by atoms with Gasteiger partial charge in [-0.1, -0.05) is 18.2 Å². The molecule has 1 aliphatic rings. The monoisotopic (exact) mass is 343 g/mol. The van der Waals surface area contributed by atoms with Crippen LogP contribution in [0.5, 0.6) is 5.75 Å². The van der Waals surface area contributed by atoms with Crippen LogP contribution in [-0.2, 0) is 0 Å². The minimum absolute atomic E-state index is 0.364. The molecule has 3 rings (SSSR count). The molecule has 2 aromatic rings. The molecule has 2 aromatic carbocycles. The number of nitrogens with zero attached hydrogens (tertiary/aromatic N) is 1. The van der Waals surface area contributed by atoms with Crippen molar-refractivity contribution in [2.75, 3.05) is 16.8 Å². The fourth-order valence-corrected chi connectivity index (χ4v) is 2.69. The van der Waals surface area contributed by atoms with Crippen LogP contribution in [0.2, 0.25) is 0 Å². The second-order valence-electron chi connectivity index (χ2n) is 5.04. The molecule has 0 bridgehead atoms. The molecule has 23 heavy (non-hydrogen) atoms. The summed E-state index contributed by atoms with van der Waals surface area (Å²) in [4.78, 5) is 0. The molecular weight excluding hydrogens is 326 g/mol. The lowest BCUT2D eigenvalue weighted by atomic mass is 10.2. The Hall–Kier alpha value is -2.05. The van der Waals surface area contributed by atoms with Crippen molar-refractivity contribution in [3.8, 4) is 5.75 Å². The van der Waals surface area contributed by atoms with E-state index in [1.54, 1.807) is 6.21 Å². The Labute approximate surface area is 145 Å². The van der Waals surface area contributed by atoms with Gasteiger partial charge in [0.25, 0.3) is 0 Å². The molecule has 2 N–H and O–H groups in total. The van der Waals surface area contributed by atoms with Crippen molar-refractivity contribution in [1.82, 2.24) is 5.43 Å². The van der Waals surface area contributed by atoms with Gasteiger partial charge in [0.1, 0.15) is 11.9 Å². The summed E-state index contributed by atoms with van der Waals surface area (Å²) >= 11 is 7.09. The summed E-state index contributed by atoms with van der Waals surface area (Å²) in [6.45, 7) is 0. The summed E-state index contributed by atoms with van der Waals surface area (Å²) in [7, 11) is 0. The lowest BCUT2D eigenvalue weighted by Gasteiger charge is -2.25. The maximum absolute atomic E-state index is 5.80. The van der Waals surface area contributed by atoms with Gasteiger partial charge < -0.3 is 10.1 Å². The van der Waals surface area contributed by atoms with Gasteiger partial charge in [0, 0.05) is 17.2 Å². The topological polar surface area (TPSA) is 45.7 Å². The number of anilines is 1. The van der Waals surface area contributed by atoms with E-state index in [1.807, 2.05) is 66.4 Å². The third kappa shape index (κ3) is 4.97. The SMILES string of the molecule is S=C(N/N=C\c1ccc(OC2CSC2)cc1)Nc1ccccc1. The summed E-state index contributed by atoms with van der Waals surface area (Å²) in [5.74, 6) is 3.07. The lowest BCUT2D eigenvalue weighted by Crippen LogP contribution is -2.30. The average molecular weight is 343 g/mol. The van der Waals surface area contributed by atoms with Gasteiger partial charge in [-0.05, 0) is 54.2 Å². The second kappa shape index (κ2) is 7.99. The average Bonchev–Trinajstić information content (AvgIpc) is 2.53. The van der Waals surface area contributed by atoms with Gasteiger partial charge in [-0.15, -0.1) is 0 Å². The molecule has 0 unspecified atom stereocenters. The first kappa shape index (κ1) is 15.8. The molecule has 1 heterocycles. The second-order valence-corrected chi connectivity index (χ2v) is 6.52. The van der Waals surface area contributed by atoms with Crippen molar-refractivity contribution in [3.63, 3.8) is 0 Å². The van der Waals surface area contributed by atoms with Crippen LogP contribution in [0, 0.1) is 0 Å². The van der Waals surface area contributed by atoms with E-state index < -0.39 is 0 Å². The Morgan fingerprint density at radius 3 is 2.52 bits per heavy atom. The summed E-state index contributed by atoms with van der Waals surface area (Å²) < 4.78 is 5.80. The Morgan fingerprint density at radius 2 is 1.87 bits per heavy atom. The third-order valence-electron chi connectivity index (χ3n) is 3.20. The van der Waals surface area contributed by atoms with Crippen LogP contribution < -0.4 is 15.5 Å². The number of benzene rings is 2. The molecule has 4 nitrogen and oxygen atoms in total. The first-order valence-corrected chi connectivity index (χ1v) is 8.85. The Balaban J connectivity index is 1.46. The van der Waals surface area contributed by atoms with Gasteiger partial charge >= 0.3 is 0 Å². The van der Waals surface area contributed by atoms with Crippen LogP contribution in [-0.4, -0.2) is 28.9 Å². The van der Waals surface area contributed by atoms with Crippen LogP contribution in [0.4, 0.5) is 5.69 Å². The smallest absolute Gasteiger partial charge is 0.191 e. The predicted molar refractivity (Wildman–Crippen MR) is 102 cm³/mol. The number of hydrazone groups is 1. The highest BCUT2D eigenvalue weighted by Crippen LogP contribution is 2.23. The maximum Gasteiger partial charge on any atom is 0.191 e. The largest absolute Gasteiger partial charge is 0.489 e. The highest BCUT2D eigenvalue weighted by Gasteiger charge is 2.19. The molecule has 0 amide bonds. The Bertz CT molecular complexity index is 670. The van der Waals surface area contributed by atoms with Crippen LogP contribution >= 0.6 is 24.0 Å². The van der Waals surface area contributed by atoms with E-state index in [9.17, 15) is 0 Å². The molecule has 0 saturated carbocycles. The third-order valence-corrected chi connectivity index (χ3v) is 4.61. The van der Waals surface area contributed by atoms with Crippen molar-refractivity contribution < 1.29 is 4.74 Å². The number of ether oxygens (including phenoxy) is 1. The summed E-state index contributed by atoms with van der Waals surface area (Å²) in [6, 6.07) is 17.6. The van der Waals surface area contributed by atoms with E-state index >= 15 is 0 Å². The fourth-order valence-electron chi connectivity index (χ4n) is 1.95. The number of thiocarbonyl (C=S) groups is 1. The van der Waals surface area contributed by atoms with Crippen LogP contribution in [0.3, 0.4) is 0 Å². The van der Waals surface area contributed by atoms with Gasteiger partial charge in [-0.3, -0.25) is 5.43 Å². The molecule has 6 heteroatoms. The van der Waals surface area contributed by atoms with Gasteiger partial charge in [0.05, 0.1) is 6.21 Å². The lowest BCUT2D eigenvalue weighted by molar-refractivity contribution is 0.240. The maximum atomic E-state index is 5.80. The quantitative estimate of drug-likeness (QED) is 0.494. The molecule has 1 aliphatic heterocycles. The van der Waals surface area contributed by atoms with Gasteiger partial charge in [-0.25, -0.2) is 0 Å². The minimum atomic E-state index is 0.364. The molecule has 0 aromatic heterocycles. The molecular formula is C17H17N3OS2. The van der Waals surface area contributed by atoms with Crippen molar-refractivity contribution in [2.45, 2.75) is 6.10 Å². The van der Waals surface area contributed by atoms with E-state index in [0.29, 0.717) is 11.2 Å². The van der Waals surface area contributed by atoms with Crippen LogP contribution in [0.25, 0.3) is 0 Å². The van der Waals surface area contributed by atoms with Crippen molar-refractivity contribution in [2.24, 2.45) is 5.10 Å². The molecule has 0 radical (unpaired) electrons. The molecule has 118 valence electrons. The number of thioether (sulfide) groups is 1. The van der Waals surface area contributed by atoms with E-state index in [1.165, 1.54) is 0 Å². The van der Waals surface area contributed by atoms with Gasteiger partial charge in [0.2, 0.25) is 0 Å². The highest BCUT2D eigenvalue weighted by molar-refractivity contribution is 8.00. The zero-order valence-electron chi connectivity index (χ0n) is 12.4. The standard InChI is InChI=1S/C17H17N3OS2/c22-17(19-14-4-2-1-3-5-14)20-18-10-13-6-8-15(9-7-13)21-16-11-23-12-16/h1-10,16H,11-12H2,(H2,19,20,22)/b18-10-. The van der Waals surface area contributed by atoms with E-state index in [0.717, 1.165) is 28.5 Å². The predicted octanol–water partition coefficient (Wildman–Crippen LogP) is 3.50. The fraction of sp³-hybridized carbons (Fsp3) is 0.176. The number of para-hydroxylation sites is 1. The summed E-state index contributed by atoms with van der Waals surface area (Å²) in [5, 5.41) is 7.64. The van der Waals surface area contributed by atoms with Gasteiger partial charge in [-0.2, -0.15) is 16.9 Å². The first-order valence-electron chi connectivity index (χ1n) is 7.29. The summed E-state index contributed by atoms with van der Waals surface area (Å²) in [6.07, 6.45) is 2.09. The molecule has 0 atom stereocenters. The first-order chi connectivity index (χ1) is 11.3. The van der Waals surface area contributed by atoms with Crippen LogP contribution in [0.15, 0.2) is 59.7 Å². The molecule has 1 fully saturated rings. The van der Waals surface area contributed by atoms with E-state index in [-0.39, 0.29) is 0 Å². The molecule has 1 saturated heterocycles. The Morgan fingerprint density at radius 1 is 1.13 bits per heavy atom. The summed E-state index contributed by atoms with van der Waals surface area (Å²) in [5.41, 5.74) is 4.71. The highest BCUT2D eigenvalue weighted by atomic mass is 32.2. The number of hydrogen-bond donors (Lipinski definition) is 2. The van der Waals surface area contributed by atoms with Crippen molar-refractivity contribution in [1.29, 1.82) is 0 Å². The zero-order valence-corrected chi connectivity index (χ0v) is 14.1. The van der Waals surface area contributed by atoms with Gasteiger partial charge in [0.15, 0.2) is 5.11 Å². The van der Waals surface area contributed by atoms with Crippen molar-refractivity contribution in [3.05, 3.63) is 60.2 Å². The van der Waals surface area contributed by atoms with E-state index in [2.05, 4.69) is 15.8 Å². The number of rotatable bonds is 5. The number of hydrogen-bond acceptors (Lipinski definition) is 4.